The van der Waals surface area contributed by atoms with Crippen molar-refractivity contribution in [3.8, 4) is 0 Å². The number of rotatable bonds is 4. The van der Waals surface area contributed by atoms with Crippen molar-refractivity contribution < 1.29 is 13.2 Å². The Labute approximate surface area is 129 Å². The van der Waals surface area contributed by atoms with Crippen LogP contribution in [0.4, 0.5) is 10.7 Å². The average Bonchev–Trinajstić information content (AvgIpc) is 3.04. The molecule has 0 bridgehead atoms. The molecule has 1 atom stereocenters. The van der Waals surface area contributed by atoms with Crippen LogP contribution in [0.25, 0.3) is 0 Å². The highest BCUT2D eigenvalue weighted by atomic mass is 32.2. The average molecular weight is 328 g/mol. The summed E-state index contributed by atoms with van der Waals surface area (Å²) in [4.78, 5) is 15.0. The number of carbonyl (C=O) groups excluding carboxylic acids is 1. The number of Topliss-reactive ketones (excluding diaryl/α,β-unsaturated/α-hetero) is 1. The predicted octanol–water partition coefficient (Wildman–Crippen LogP) is 2.17. The van der Waals surface area contributed by atoms with Gasteiger partial charge in [-0.05, 0) is 25.2 Å². The molecule has 1 saturated carbocycles. The van der Waals surface area contributed by atoms with E-state index in [1.54, 1.807) is 0 Å². The second-order valence-corrected chi connectivity index (χ2v) is 9.18. The smallest absolute Gasteiger partial charge is 0.180 e. The Hall–Kier alpha value is -1.08. The van der Waals surface area contributed by atoms with Gasteiger partial charge >= 0.3 is 0 Å². The first-order valence-electron chi connectivity index (χ1n) is 7.20. The minimum absolute atomic E-state index is 0.0147. The Balaban J connectivity index is 2.09. The zero-order valence-electron chi connectivity index (χ0n) is 12.3. The molecule has 0 radical (unpaired) electrons. The summed E-state index contributed by atoms with van der Waals surface area (Å²) >= 11 is 1.26. The summed E-state index contributed by atoms with van der Waals surface area (Å²) in [6.45, 7) is 3.79. The number of hydrogen-bond acceptors (Lipinski definition) is 6. The Bertz CT molecular complexity index is 689. The highest BCUT2D eigenvalue weighted by Crippen LogP contribution is 2.46. The quantitative estimate of drug-likeness (QED) is 0.857. The molecule has 1 aliphatic carbocycles. The molecule has 2 fully saturated rings. The molecule has 21 heavy (non-hydrogen) atoms. The number of thiophene rings is 1. The van der Waals surface area contributed by atoms with Gasteiger partial charge in [0.1, 0.15) is 9.90 Å². The fourth-order valence-corrected chi connectivity index (χ4v) is 5.58. The first kappa shape index (κ1) is 14.8. The van der Waals surface area contributed by atoms with Crippen LogP contribution in [0.3, 0.4) is 0 Å². The lowest BCUT2D eigenvalue weighted by molar-refractivity contribution is 0.0972. The summed E-state index contributed by atoms with van der Waals surface area (Å²) in [6, 6.07) is 0. The third-order valence-electron chi connectivity index (χ3n) is 4.14. The molecule has 5 nitrogen and oxygen atoms in total. The largest absolute Gasteiger partial charge is 0.396 e. The summed E-state index contributed by atoms with van der Waals surface area (Å²) in [5.41, 5.74) is 6.20. The number of nitrogens with zero attached hydrogens (tertiary/aromatic N) is 1. The van der Waals surface area contributed by atoms with Gasteiger partial charge < -0.3 is 10.6 Å². The monoisotopic (exact) mass is 328 g/mol. The van der Waals surface area contributed by atoms with E-state index in [0.29, 0.717) is 15.8 Å². The van der Waals surface area contributed by atoms with E-state index < -0.39 is 9.84 Å². The van der Waals surface area contributed by atoms with E-state index >= 15 is 0 Å². The van der Waals surface area contributed by atoms with Gasteiger partial charge in [-0.2, -0.15) is 0 Å². The Kier molecular flexibility index (Phi) is 3.52. The third kappa shape index (κ3) is 2.68. The number of nitrogen functional groups attached to an aromatic ring is 1. The number of anilines is 2. The molecule has 1 aromatic rings. The standard InChI is InChI=1S/C14H20N2O3S2/c1-8-5-6-16(7-8)14-13(21(2,18)19)10(15)12(20-14)11(17)9-3-4-9/h8-9H,3-7,15H2,1-2H3. The Morgan fingerprint density at radius 1 is 1.33 bits per heavy atom. The van der Waals surface area contributed by atoms with Gasteiger partial charge in [0.25, 0.3) is 0 Å². The molecule has 0 spiro atoms. The molecule has 2 N–H and O–H groups in total. The molecule has 0 amide bonds. The van der Waals surface area contributed by atoms with E-state index in [2.05, 4.69) is 11.8 Å². The lowest BCUT2D eigenvalue weighted by atomic mass is 10.2. The summed E-state index contributed by atoms with van der Waals surface area (Å²) in [5, 5.41) is 0.656. The summed E-state index contributed by atoms with van der Waals surface area (Å²) in [7, 11) is -3.45. The van der Waals surface area contributed by atoms with Crippen molar-refractivity contribution in [2.24, 2.45) is 11.8 Å². The second-order valence-electron chi connectivity index (χ2n) is 6.23. The second kappa shape index (κ2) is 4.98. The summed E-state index contributed by atoms with van der Waals surface area (Å²) in [6.07, 6.45) is 3.98. The molecule has 1 saturated heterocycles. The normalized spacial score (nSPS) is 22.8. The van der Waals surface area contributed by atoms with Crippen molar-refractivity contribution >= 4 is 37.6 Å². The van der Waals surface area contributed by atoms with E-state index in [1.165, 1.54) is 17.6 Å². The van der Waals surface area contributed by atoms with Crippen LogP contribution in [-0.4, -0.2) is 33.5 Å². The van der Waals surface area contributed by atoms with Crippen molar-refractivity contribution in [1.82, 2.24) is 0 Å². The molecular weight excluding hydrogens is 308 g/mol. The van der Waals surface area contributed by atoms with Crippen LogP contribution in [0.1, 0.15) is 35.9 Å². The Morgan fingerprint density at radius 2 is 2.00 bits per heavy atom. The molecule has 1 aromatic heterocycles. The van der Waals surface area contributed by atoms with E-state index in [0.717, 1.165) is 32.4 Å². The van der Waals surface area contributed by atoms with Gasteiger partial charge in [-0.15, -0.1) is 11.3 Å². The maximum Gasteiger partial charge on any atom is 0.180 e. The molecule has 7 heteroatoms. The Morgan fingerprint density at radius 3 is 2.48 bits per heavy atom. The SMILES string of the molecule is CC1CCN(c2sc(C(=O)C3CC3)c(N)c2S(C)(=O)=O)C1. The number of carbonyl (C=O) groups is 1. The molecular formula is C14H20N2O3S2. The van der Waals surface area contributed by atoms with Crippen molar-refractivity contribution in [3.63, 3.8) is 0 Å². The lowest BCUT2D eigenvalue weighted by Crippen LogP contribution is -2.20. The number of nitrogens with two attached hydrogens (primary N) is 1. The van der Waals surface area contributed by atoms with E-state index in [1.807, 2.05) is 0 Å². The minimum atomic E-state index is -3.45. The van der Waals surface area contributed by atoms with Crippen LogP contribution >= 0.6 is 11.3 Å². The van der Waals surface area contributed by atoms with Crippen LogP contribution < -0.4 is 10.6 Å². The van der Waals surface area contributed by atoms with E-state index in [9.17, 15) is 13.2 Å². The van der Waals surface area contributed by atoms with Gasteiger partial charge in [-0.25, -0.2) is 8.42 Å². The molecule has 2 aliphatic rings. The lowest BCUT2D eigenvalue weighted by Gasteiger charge is -2.17. The highest BCUT2D eigenvalue weighted by molar-refractivity contribution is 7.91. The predicted molar refractivity (Wildman–Crippen MR) is 84.9 cm³/mol. The summed E-state index contributed by atoms with van der Waals surface area (Å²) < 4.78 is 24.2. The third-order valence-corrected chi connectivity index (χ3v) is 6.70. The van der Waals surface area contributed by atoms with Crippen LogP contribution in [-0.2, 0) is 9.84 Å². The molecule has 2 heterocycles. The van der Waals surface area contributed by atoms with Crippen LogP contribution in [0.5, 0.6) is 0 Å². The van der Waals surface area contributed by atoms with Gasteiger partial charge in [0.15, 0.2) is 15.6 Å². The summed E-state index contributed by atoms with van der Waals surface area (Å²) in [5.74, 6) is 0.591. The van der Waals surface area contributed by atoms with Crippen molar-refractivity contribution in [2.45, 2.75) is 31.1 Å². The molecule has 3 rings (SSSR count). The maximum atomic E-state index is 12.3. The van der Waals surface area contributed by atoms with Gasteiger partial charge in [-0.3, -0.25) is 4.79 Å². The topological polar surface area (TPSA) is 80.5 Å². The molecule has 1 aliphatic heterocycles. The number of sulfone groups is 1. The van der Waals surface area contributed by atoms with Crippen LogP contribution in [0.15, 0.2) is 4.90 Å². The zero-order valence-corrected chi connectivity index (χ0v) is 13.9. The maximum absolute atomic E-state index is 12.3. The number of ketones is 1. The van der Waals surface area contributed by atoms with Crippen molar-refractivity contribution in [1.29, 1.82) is 0 Å². The van der Waals surface area contributed by atoms with Gasteiger partial charge in [-0.1, -0.05) is 6.92 Å². The van der Waals surface area contributed by atoms with E-state index in [4.69, 9.17) is 5.73 Å². The fraction of sp³-hybridized carbons (Fsp3) is 0.643. The minimum Gasteiger partial charge on any atom is -0.396 e. The number of hydrogen-bond donors (Lipinski definition) is 1. The van der Waals surface area contributed by atoms with Crippen molar-refractivity contribution in [2.75, 3.05) is 30.0 Å². The van der Waals surface area contributed by atoms with Crippen molar-refractivity contribution in [3.05, 3.63) is 4.88 Å². The first-order valence-corrected chi connectivity index (χ1v) is 9.91. The first-order chi connectivity index (χ1) is 9.79. The molecule has 0 aromatic carbocycles. The highest BCUT2D eigenvalue weighted by Gasteiger charge is 2.37. The molecule has 1 unspecified atom stereocenters. The van der Waals surface area contributed by atoms with Gasteiger partial charge in [0, 0.05) is 25.3 Å². The van der Waals surface area contributed by atoms with E-state index in [-0.39, 0.29) is 22.3 Å². The van der Waals surface area contributed by atoms with Crippen LogP contribution in [0, 0.1) is 11.8 Å². The molecule has 116 valence electrons. The van der Waals surface area contributed by atoms with Crippen LogP contribution in [0.2, 0.25) is 0 Å². The zero-order chi connectivity index (χ0) is 15.4. The van der Waals surface area contributed by atoms with Gasteiger partial charge in [0.2, 0.25) is 0 Å². The van der Waals surface area contributed by atoms with Gasteiger partial charge in [0.05, 0.1) is 10.6 Å². The fourth-order valence-electron chi connectivity index (χ4n) is 2.82.